The van der Waals surface area contributed by atoms with Crippen LogP contribution in [0.4, 0.5) is 10.6 Å². The number of hydrazine groups is 1. The lowest BCUT2D eigenvalue weighted by molar-refractivity contribution is -0.147. The zero-order chi connectivity index (χ0) is 35.3. The van der Waals surface area contributed by atoms with E-state index >= 15 is 0 Å². The third-order valence-corrected chi connectivity index (χ3v) is 7.92. The zero-order valence-corrected chi connectivity index (χ0v) is 28.2. The molecule has 0 radical (unpaired) electrons. The lowest BCUT2D eigenvalue weighted by atomic mass is 10.0. The van der Waals surface area contributed by atoms with E-state index in [1.165, 1.54) is 13.3 Å². The van der Waals surface area contributed by atoms with Gasteiger partial charge in [-0.05, 0) is 76.4 Å². The van der Waals surface area contributed by atoms with Gasteiger partial charge < -0.3 is 20.1 Å². The molecule has 3 heterocycles. The summed E-state index contributed by atoms with van der Waals surface area (Å²) in [6.45, 7) is 5.59. The molecule has 3 amide bonds. The molecule has 0 aliphatic carbocycles. The highest BCUT2D eigenvalue weighted by atomic mass is 35.5. The van der Waals surface area contributed by atoms with Crippen LogP contribution in [0.1, 0.15) is 71.9 Å². The van der Waals surface area contributed by atoms with Gasteiger partial charge in [-0.25, -0.2) is 25.0 Å². The molecular formula is C36H35ClN6O6. The van der Waals surface area contributed by atoms with Crippen molar-refractivity contribution in [2.75, 3.05) is 19.4 Å². The average molecular weight is 683 g/mol. The number of ether oxygens (including phenoxy) is 2. The Morgan fingerprint density at radius 1 is 1.00 bits per heavy atom. The van der Waals surface area contributed by atoms with Crippen molar-refractivity contribution < 1.29 is 28.7 Å². The van der Waals surface area contributed by atoms with Crippen molar-refractivity contribution in [1.29, 1.82) is 0 Å². The number of anilines is 1. The summed E-state index contributed by atoms with van der Waals surface area (Å²) in [6.07, 6.45) is 2.85. The Kier molecular flexibility index (Phi) is 10.3. The third kappa shape index (κ3) is 8.44. The molecule has 2 aromatic carbocycles. The predicted octanol–water partition coefficient (Wildman–Crippen LogP) is 5.27. The summed E-state index contributed by atoms with van der Waals surface area (Å²) in [5, 5.41) is 0.746. The molecule has 13 heteroatoms. The number of nitrogen functional groups attached to an aromatic ring is 1. The first-order valence-electron chi connectivity index (χ1n) is 15.5. The van der Waals surface area contributed by atoms with Crippen LogP contribution in [0.25, 0.3) is 22.2 Å². The second kappa shape index (κ2) is 14.6. The number of likely N-dealkylation sites (tertiary alicyclic amines) is 1. The van der Waals surface area contributed by atoms with Crippen LogP contribution in [0.15, 0.2) is 60.8 Å². The van der Waals surface area contributed by atoms with Gasteiger partial charge in [0.25, 0.3) is 11.8 Å². The Bertz CT molecular complexity index is 2000. The van der Waals surface area contributed by atoms with Crippen LogP contribution in [-0.4, -0.2) is 64.0 Å². The quantitative estimate of drug-likeness (QED) is 0.148. The van der Waals surface area contributed by atoms with Crippen LogP contribution >= 0.6 is 11.6 Å². The van der Waals surface area contributed by atoms with Crippen molar-refractivity contribution in [3.05, 3.63) is 88.1 Å². The Morgan fingerprint density at radius 2 is 1.76 bits per heavy atom. The molecule has 5 rings (SSSR count). The van der Waals surface area contributed by atoms with E-state index in [1.807, 2.05) is 12.1 Å². The number of halogens is 1. The van der Waals surface area contributed by atoms with Gasteiger partial charge in [0.1, 0.15) is 17.5 Å². The van der Waals surface area contributed by atoms with E-state index in [4.69, 9.17) is 26.8 Å². The van der Waals surface area contributed by atoms with E-state index < -0.39 is 29.6 Å². The van der Waals surface area contributed by atoms with Crippen molar-refractivity contribution >= 4 is 52.2 Å². The molecule has 252 valence electrons. The fourth-order valence-electron chi connectivity index (χ4n) is 5.29. The lowest BCUT2D eigenvalue weighted by Gasteiger charge is -2.33. The standard InChI is InChI=1S/C36H35ClN6O6/c1-36(2,3)49-35(47)42-41-32(44)25-18-28(40-29-19-31(38)39-20-26(25)29)23-12-9-21(10-13-23)8-11-22-14-15-24(17-27(22)37)33(45)43-16-6-5-7-30(43)34(46)48-4/h9-10,12-15,17-20,30H,5-7,16H2,1-4H3,(H2,38,39)(H,41,44)(H,42,47)/t30-/m0/s1. The fraction of sp³-hybridized carbons (Fsp3) is 0.278. The van der Waals surface area contributed by atoms with Gasteiger partial charge in [-0.2, -0.15) is 0 Å². The normalized spacial score (nSPS) is 14.3. The number of piperidine rings is 1. The summed E-state index contributed by atoms with van der Waals surface area (Å²) >= 11 is 6.53. The Hall–Kier alpha value is -5.67. The molecule has 0 bridgehead atoms. The highest BCUT2D eigenvalue weighted by Crippen LogP contribution is 2.27. The maximum atomic E-state index is 13.2. The number of pyridine rings is 2. The topological polar surface area (TPSA) is 166 Å². The van der Waals surface area contributed by atoms with Gasteiger partial charge in [-0.1, -0.05) is 35.6 Å². The second-order valence-electron chi connectivity index (χ2n) is 12.3. The number of methoxy groups -OCH3 is 1. The van der Waals surface area contributed by atoms with E-state index in [0.717, 1.165) is 12.8 Å². The number of aromatic nitrogens is 2. The van der Waals surface area contributed by atoms with Gasteiger partial charge in [-0.3, -0.25) is 15.0 Å². The largest absolute Gasteiger partial charge is 0.467 e. The number of nitrogens with two attached hydrogens (primary N) is 1. The number of hydrogen-bond donors (Lipinski definition) is 3. The molecule has 12 nitrogen and oxygen atoms in total. The molecule has 1 fully saturated rings. The molecule has 1 aliphatic rings. The highest BCUT2D eigenvalue weighted by molar-refractivity contribution is 6.32. The van der Waals surface area contributed by atoms with Gasteiger partial charge in [-0.15, -0.1) is 0 Å². The van der Waals surface area contributed by atoms with Crippen LogP contribution in [0.5, 0.6) is 0 Å². The van der Waals surface area contributed by atoms with Crippen molar-refractivity contribution in [3.8, 4) is 23.1 Å². The number of nitrogens with one attached hydrogen (secondary N) is 2. The summed E-state index contributed by atoms with van der Waals surface area (Å²) in [5.74, 6) is 5.05. The first kappa shape index (κ1) is 34.7. The molecule has 2 aromatic heterocycles. The predicted molar refractivity (Wildman–Crippen MR) is 184 cm³/mol. The lowest BCUT2D eigenvalue weighted by Crippen LogP contribution is -2.48. The van der Waals surface area contributed by atoms with E-state index in [2.05, 4.69) is 32.7 Å². The van der Waals surface area contributed by atoms with Crippen LogP contribution in [0.2, 0.25) is 5.02 Å². The molecule has 0 saturated carbocycles. The highest BCUT2D eigenvalue weighted by Gasteiger charge is 2.33. The molecule has 49 heavy (non-hydrogen) atoms. The van der Waals surface area contributed by atoms with E-state index in [0.29, 0.717) is 56.8 Å². The van der Waals surface area contributed by atoms with E-state index in [-0.39, 0.29) is 17.3 Å². The smallest absolute Gasteiger partial charge is 0.426 e. The second-order valence-corrected chi connectivity index (χ2v) is 12.7. The van der Waals surface area contributed by atoms with Crippen LogP contribution in [0, 0.1) is 11.8 Å². The van der Waals surface area contributed by atoms with Crippen molar-refractivity contribution in [3.63, 3.8) is 0 Å². The monoisotopic (exact) mass is 682 g/mol. The summed E-state index contributed by atoms with van der Waals surface area (Å²) < 4.78 is 10.1. The van der Waals surface area contributed by atoms with Crippen LogP contribution in [0.3, 0.4) is 0 Å². The number of amides is 3. The summed E-state index contributed by atoms with van der Waals surface area (Å²) in [4.78, 5) is 61.0. The minimum absolute atomic E-state index is 0.213. The molecule has 1 saturated heterocycles. The van der Waals surface area contributed by atoms with Crippen molar-refractivity contribution in [2.45, 2.75) is 51.7 Å². The first-order chi connectivity index (χ1) is 23.3. The number of carbonyl (C=O) groups excluding carboxylic acids is 4. The number of esters is 1. The third-order valence-electron chi connectivity index (χ3n) is 7.61. The molecule has 1 aliphatic heterocycles. The number of rotatable bonds is 4. The maximum absolute atomic E-state index is 13.2. The van der Waals surface area contributed by atoms with E-state index in [9.17, 15) is 19.2 Å². The molecule has 4 N–H and O–H groups in total. The summed E-state index contributed by atoms with van der Waals surface area (Å²) in [6, 6.07) is 14.6. The average Bonchev–Trinajstić information content (AvgIpc) is 3.08. The first-order valence-corrected chi connectivity index (χ1v) is 15.9. The number of nitrogens with zero attached hydrogens (tertiary/aromatic N) is 3. The van der Waals surface area contributed by atoms with Crippen molar-refractivity contribution in [1.82, 2.24) is 25.7 Å². The van der Waals surface area contributed by atoms with Gasteiger partial charge in [0.15, 0.2) is 0 Å². The summed E-state index contributed by atoms with van der Waals surface area (Å²) in [7, 11) is 1.32. The van der Waals surface area contributed by atoms with Gasteiger partial charge in [0.05, 0.1) is 28.9 Å². The molecule has 1 atom stereocenters. The van der Waals surface area contributed by atoms with Crippen LogP contribution < -0.4 is 16.6 Å². The number of carbonyl (C=O) groups is 4. The number of hydrogen-bond acceptors (Lipinski definition) is 9. The van der Waals surface area contributed by atoms with Gasteiger partial charge in [0, 0.05) is 46.4 Å². The molecule has 4 aromatic rings. The maximum Gasteiger partial charge on any atom is 0.426 e. The Morgan fingerprint density at radius 3 is 2.45 bits per heavy atom. The number of benzene rings is 2. The van der Waals surface area contributed by atoms with Crippen LogP contribution in [-0.2, 0) is 14.3 Å². The Balaban J connectivity index is 1.34. The van der Waals surface area contributed by atoms with E-state index in [1.54, 1.807) is 68.1 Å². The van der Waals surface area contributed by atoms with Gasteiger partial charge in [0.2, 0.25) is 0 Å². The molecular weight excluding hydrogens is 648 g/mol. The zero-order valence-electron chi connectivity index (χ0n) is 27.4. The minimum atomic E-state index is -0.810. The Labute approximate surface area is 288 Å². The van der Waals surface area contributed by atoms with Crippen molar-refractivity contribution in [2.24, 2.45) is 0 Å². The minimum Gasteiger partial charge on any atom is -0.467 e. The van der Waals surface area contributed by atoms with Gasteiger partial charge >= 0.3 is 12.1 Å². The number of fused-ring (bicyclic) bond motifs is 1. The molecule has 0 spiro atoms. The fourth-order valence-corrected chi connectivity index (χ4v) is 5.51. The molecule has 0 unspecified atom stereocenters. The SMILES string of the molecule is COC(=O)[C@@H]1CCCCN1C(=O)c1ccc(C#Cc2ccc(-c3cc(C(=O)NNC(=O)OC(C)(C)C)c4cnc(N)cc4n3)cc2)c(Cl)c1. The summed E-state index contributed by atoms with van der Waals surface area (Å²) in [5.41, 5.74) is 13.2.